The molecular weight excluding hydrogens is 346 g/mol. The number of hydrogen-bond acceptors (Lipinski definition) is 3. The molecule has 0 aromatic heterocycles. The van der Waals surface area contributed by atoms with Crippen LogP contribution in [0.2, 0.25) is 5.02 Å². The number of aryl methyl sites for hydroxylation is 1. The standard InChI is InChI=1S/C22H32ClNO2/c1-4-7-20(25)26-22-12-6-5-11-21(22,14-15-24(2)3)19-16-18(23)9-8-17(19)10-13-22/h8-9,16H,4-7,10-15H2,1-3H3. The summed E-state index contributed by atoms with van der Waals surface area (Å²) in [6.45, 7) is 3.02. The Morgan fingerprint density at radius 1 is 1.23 bits per heavy atom. The monoisotopic (exact) mass is 377 g/mol. The molecule has 0 saturated heterocycles. The fraction of sp³-hybridized carbons (Fsp3) is 0.682. The Kier molecular flexibility index (Phi) is 5.98. The zero-order valence-corrected chi connectivity index (χ0v) is 17.2. The number of fused-ring (bicyclic) bond motifs is 3. The summed E-state index contributed by atoms with van der Waals surface area (Å²) in [7, 11) is 4.23. The molecule has 0 radical (unpaired) electrons. The van der Waals surface area contributed by atoms with Gasteiger partial charge in [0.25, 0.3) is 0 Å². The predicted molar refractivity (Wildman–Crippen MR) is 107 cm³/mol. The van der Waals surface area contributed by atoms with Crippen LogP contribution >= 0.6 is 11.6 Å². The van der Waals surface area contributed by atoms with Crippen molar-refractivity contribution in [2.45, 2.75) is 75.7 Å². The van der Waals surface area contributed by atoms with Crippen molar-refractivity contribution in [2.24, 2.45) is 0 Å². The highest BCUT2D eigenvalue weighted by Gasteiger charge is 2.58. The van der Waals surface area contributed by atoms with Crippen LogP contribution in [0.5, 0.6) is 0 Å². The molecule has 3 nitrogen and oxygen atoms in total. The van der Waals surface area contributed by atoms with Gasteiger partial charge in [0.1, 0.15) is 5.60 Å². The minimum atomic E-state index is -0.370. The molecule has 0 spiro atoms. The van der Waals surface area contributed by atoms with E-state index in [1.165, 1.54) is 17.5 Å². The first-order valence-electron chi connectivity index (χ1n) is 10.1. The largest absolute Gasteiger partial charge is 0.458 e. The minimum absolute atomic E-state index is 0.0332. The van der Waals surface area contributed by atoms with Gasteiger partial charge in [0.15, 0.2) is 0 Å². The van der Waals surface area contributed by atoms with Gasteiger partial charge in [-0.25, -0.2) is 0 Å². The lowest BCUT2D eigenvalue weighted by Gasteiger charge is -2.56. The fourth-order valence-electron chi connectivity index (χ4n) is 5.17. The summed E-state index contributed by atoms with van der Waals surface area (Å²) in [4.78, 5) is 14.8. The maximum atomic E-state index is 12.6. The molecule has 0 bridgehead atoms. The van der Waals surface area contributed by atoms with Crippen LogP contribution in [-0.2, 0) is 21.4 Å². The number of hydrogen-bond donors (Lipinski definition) is 0. The van der Waals surface area contributed by atoms with Crippen LogP contribution in [-0.4, -0.2) is 37.1 Å². The number of carbonyl (C=O) groups excluding carboxylic acids is 1. The van der Waals surface area contributed by atoms with Crippen molar-refractivity contribution >= 4 is 17.6 Å². The Labute approximate surface area is 163 Å². The lowest BCUT2D eigenvalue weighted by atomic mass is 9.53. The van der Waals surface area contributed by atoms with Gasteiger partial charge in [-0.15, -0.1) is 0 Å². The molecule has 0 aliphatic heterocycles. The van der Waals surface area contributed by atoms with Gasteiger partial charge >= 0.3 is 5.97 Å². The van der Waals surface area contributed by atoms with E-state index in [1.807, 2.05) is 13.0 Å². The number of ether oxygens (including phenoxy) is 1. The van der Waals surface area contributed by atoms with Crippen LogP contribution in [0.15, 0.2) is 18.2 Å². The molecule has 1 fully saturated rings. The van der Waals surface area contributed by atoms with Crippen LogP contribution in [0.1, 0.15) is 69.4 Å². The molecule has 0 heterocycles. The van der Waals surface area contributed by atoms with E-state index in [0.29, 0.717) is 6.42 Å². The third-order valence-electron chi connectivity index (χ3n) is 6.44. The Morgan fingerprint density at radius 3 is 2.73 bits per heavy atom. The molecule has 1 aromatic rings. The first-order chi connectivity index (χ1) is 12.4. The maximum absolute atomic E-state index is 12.6. The summed E-state index contributed by atoms with van der Waals surface area (Å²) in [5.41, 5.74) is 2.24. The van der Waals surface area contributed by atoms with Crippen LogP contribution < -0.4 is 0 Å². The van der Waals surface area contributed by atoms with E-state index in [-0.39, 0.29) is 17.0 Å². The van der Waals surface area contributed by atoms with Crippen LogP contribution in [0.4, 0.5) is 0 Å². The zero-order chi connectivity index (χ0) is 18.8. The van der Waals surface area contributed by atoms with Gasteiger partial charge in [0.05, 0.1) is 0 Å². The average molecular weight is 378 g/mol. The molecule has 0 N–H and O–H groups in total. The molecule has 26 heavy (non-hydrogen) atoms. The SMILES string of the molecule is CCCC(=O)OC12CCCCC1(CCN(C)C)c1cc(Cl)ccc1CC2. The zero-order valence-electron chi connectivity index (χ0n) is 16.4. The molecule has 4 heteroatoms. The predicted octanol–water partition coefficient (Wildman–Crippen LogP) is 5.13. The highest BCUT2D eigenvalue weighted by Crippen LogP contribution is 2.57. The Hall–Kier alpha value is -1.06. The minimum Gasteiger partial charge on any atom is -0.458 e. The number of benzene rings is 1. The quantitative estimate of drug-likeness (QED) is 0.643. The van der Waals surface area contributed by atoms with Crippen LogP contribution in [0, 0.1) is 0 Å². The number of esters is 1. The van der Waals surface area contributed by atoms with E-state index in [4.69, 9.17) is 16.3 Å². The molecular formula is C22H32ClNO2. The lowest BCUT2D eigenvalue weighted by molar-refractivity contribution is -0.179. The van der Waals surface area contributed by atoms with E-state index < -0.39 is 0 Å². The van der Waals surface area contributed by atoms with Crippen molar-refractivity contribution in [2.75, 3.05) is 20.6 Å². The summed E-state index contributed by atoms with van der Waals surface area (Å²) in [6, 6.07) is 6.33. The number of nitrogens with zero attached hydrogens (tertiary/aromatic N) is 1. The summed E-state index contributed by atoms with van der Waals surface area (Å²) in [5, 5.41) is 0.786. The number of rotatable bonds is 6. The maximum Gasteiger partial charge on any atom is 0.306 e. The molecule has 0 amide bonds. The van der Waals surface area contributed by atoms with Gasteiger partial charge in [0, 0.05) is 16.9 Å². The van der Waals surface area contributed by atoms with Gasteiger partial charge in [-0.1, -0.05) is 31.0 Å². The second-order valence-electron chi connectivity index (χ2n) is 8.36. The van der Waals surface area contributed by atoms with Crippen molar-refractivity contribution < 1.29 is 9.53 Å². The fourth-order valence-corrected chi connectivity index (χ4v) is 5.34. The smallest absolute Gasteiger partial charge is 0.306 e. The van der Waals surface area contributed by atoms with Crippen LogP contribution in [0.3, 0.4) is 0 Å². The summed E-state index contributed by atoms with van der Waals surface area (Å²) in [6.07, 6.45) is 8.63. The summed E-state index contributed by atoms with van der Waals surface area (Å²) < 4.78 is 6.36. The van der Waals surface area contributed by atoms with Crippen molar-refractivity contribution in [1.82, 2.24) is 4.90 Å². The van der Waals surface area contributed by atoms with E-state index in [9.17, 15) is 4.79 Å². The molecule has 1 aromatic carbocycles. The van der Waals surface area contributed by atoms with Gasteiger partial charge in [-0.05, 0) is 88.8 Å². The Morgan fingerprint density at radius 2 is 2.00 bits per heavy atom. The number of carbonyl (C=O) groups is 1. The van der Waals surface area contributed by atoms with E-state index in [0.717, 1.165) is 56.5 Å². The summed E-state index contributed by atoms with van der Waals surface area (Å²) >= 11 is 6.42. The van der Waals surface area contributed by atoms with E-state index in [1.54, 1.807) is 0 Å². The average Bonchev–Trinajstić information content (AvgIpc) is 2.60. The summed E-state index contributed by atoms with van der Waals surface area (Å²) in [5.74, 6) is -0.0332. The second kappa shape index (κ2) is 7.90. The topological polar surface area (TPSA) is 29.5 Å². The van der Waals surface area contributed by atoms with Crippen molar-refractivity contribution in [3.63, 3.8) is 0 Å². The molecule has 2 unspecified atom stereocenters. The highest BCUT2D eigenvalue weighted by atomic mass is 35.5. The highest BCUT2D eigenvalue weighted by molar-refractivity contribution is 6.30. The molecule has 3 rings (SSSR count). The molecule has 2 atom stereocenters. The molecule has 2 aliphatic rings. The van der Waals surface area contributed by atoms with Gasteiger partial charge in [-0.2, -0.15) is 0 Å². The normalized spacial score (nSPS) is 27.7. The van der Waals surface area contributed by atoms with Crippen LogP contribution in [0.25, 0.3) is 0 Å². The lowest BCUT2D eigenvalue weighted by Crippen LogP contribution is -2.59. The third-order valence-corrected chi connectivity index (χ3v) is 6.68. The van der Waals surface area contributed by atoms with Gasteiger partial charge in [-0.3, -0.25) is 4.79 Å². The third kappa shape index (κ3) is 3.53. The molecule has 144 valence electrons. The second-order valence-corrected chi connectivity index (χ2v) is 8.80. The molecule has 1 saturated carbocycles. The number of halogens is 1. The van der Waals surface area contributed by atoms with E-state index >= 15 is 0 Å². The van der Waals surface area contributed by atoms with Gasteiger partial charge < -0.3 is 9.64 Å². The molecule has 2 aliphatic carbocycles. The van der Waals surface area contributed by atoms with E-state index in [2.05, 4.69) is 31.1 Å². The van der Waals surface area contributed by atoms with Gasteiger partial charge in [0.2, 0.25) is 0 Å². The first kappa shape index (κ1) is 19.7. The first-order valence-corrected chi connectivity index (χ1v) is 10.5. The Balaban J connectivity index is 2.08. The Bertz CT molecular complexity index is 660. The van der Waals surface area contributed by atoms with Crippen molar-refractivity contribution in [3.8, 4) is 0 Å². The van der Waals surface area contributed by atoms with Crippen molar-refractivity contribution in [3.05, 3.63) is 34.3 Å². The van der Waals surface area contributed by atoms with Crippen molar-refractivity contribution in [1.29, 1.82) is 0 Å².